The van der Waals surface area contributed by atoms with Gasteiger partial charge in [0.05, 0.1) is 20.6 Å². The third-order valence-corrected chi connectivity index (χ3v) is 2.43. The first-order valence-corrected chi connectivity index (χ1v) is 6.53. The molecule has 0 saturated carbocycles. The van der Waals surface area contributed by atoms with E-state index in [9.17, 15) is 4.79 Å². The highest BCUT2D eigenvalue weighted by Gasteiger charge is 2.15. The number of methoxy groups -OCH3 is 2. The Hall–Kier alpha value is -1.91. The van der Waals surface area contributed by atoms with Crippen LogP contribution in [0.3, 0.4) is 0 Å². The van der Waals surface area contributed by atoms with Crippen LogP contribution in [-0.2, 0) is 9.53 Å². The predicted molar refractivity (Wildman–Crippen MR) is 78.5 cm³/mol. The van der Waals surface area contributed by atoms with E-state index in [0.29, 0.717) is 24.5 Å². The van der Waals surface area contributed by atoms with E-state index < -0.39 is 5.60 Å². The molecule has 5 heteroatoms. The number of benzene rings is 1. The van der Waals surface area contributed by atoms with Crippen LogP contribution in [0.15, 0.2) is 18.2 Å². The Kier molecular flexibility index (Phi) is 5.67. The van der Waals surface area contributed by atoms with Gasteiger partial charge in [-0.1, -0.05) is 0 Å². The Bertz CT molecular complexity index is 429. The highest BCUT2D eigenvalue weighted by atomic mass is 16.6. The number of carbonyl (C=O) groups excluding carboxylic acids is 1. The lowest BCUT2D eigenvalue weighted by atomic mass is 10.2. The maximum atomic E-state index is 11.6. The van der Waals surface area contributed by atoms with E-state index in [-0.39, 0.29) is 5.97 Å². The van der Waals surface area contributed by atoms with E-state index in [1.54, 1.807) is 20.3 Å². The smallest absolute Gasteiger partial charge is 0.308 e. The fourth-order valence-electron chi connectivity index (χ4n) is 1.61. The summed E-state index contributed by atoms with van der Waals surface area (Å²) < 4.78 is 15.6. The van der Waals surface area contributed by atoms with Crippen molar-refractivity contribution in [3.63, 3.8) is 0 Å². The van der Waals surface area contributed by atoms with Crippen molar-refractivity contribution in [1.82, 2.24) is 0 Å². The van der Waals surface area contributed by atoms with Crippen molar-refractivity contribution in [3.8, 4) is 11.5 Å². The van der Waals surface area contributed by atoms with E-state index in [4.69, 9.17) is 14.2 Å². The summed E-state index contributed by atoms with van der Waals surface area (Å²) in [6.07, 6.45) is 0.302. The lowest BCUT2D eigenvalue weighted by molar-refractivity contribution is -0.154. The summed E-state index contributed by atoms with van der Waals surface area (Å²) in [4.78, 5) is 11.6. The molecule has 0 spiro atoms. The van der Waals surface area contributed by atoms with E-state index in [2.05, 4.69) is 5.32 Å². The Morgan fingerprint density at radius 2 is 1.65 bits per heavy atom. The van der Waals surface area contributed by atoms with Gasteiger partial charge in [0.1, 0.15) is 17.1 Å². The van der Waals surface area contributed by atoms with Crippen molar-refractivity contribution in [2.75, 3.05) is 26.1 Å². The second kappa shape index (κ2) is 7.03. The number of carbonyl (C=O) groups is 1. The van der Waals surface area contributed by atoms with Crippen LogP contribution in [0, 0.1) is 0 Å². The molecule has 0 aliphatic carbocycles. The second-order valence-electron chi connectivity index (χ2n) is 5.36. The highest BCUT2D eigenvalue weighted by molar-refractivity contribution is 5.70. The number of rotatable bonds is 6. The topological polar surface area (TPSA) is 56.8 Å². The zero-order valence-corrected chi connectivity index (χ0v) is 12.8. The molecule has 0 unspecified atom stereocenters. The maximum Gasteiger partial charge on any atom is 0.308 e. The van der Waals surface area contributed by atoms with E-state index >= 15 is 0 Å². The number of nitrogens with one attached hydrogen (secondary N) is 1. The minimum atomic E-state index is -0.448. The van der Waals surface area contributed by atoms with Gasteiger partial charge in [0.2, 0.25) is 0 Å². The fraction of sp³-hybridized carbons (Fsp3) is 0.533. The molecular weight excluding hydrogens is 258 g/mol. The average molecular weight is 281 g/mol. The molecule has 20 heavy (non-hydrogen) atoms. The predicted octanol–water partition coefficient (Wildman–Crippen LogP) is 2.85. The monoisotopic (exact) mass is 281 g/mol. The summed E-state index contributed by atoms with van der Waals surface area (Å²) >= 11 is 0. The Morgan fingerprint density at radius 1 is 1.10 bits per heavy atom. The third kappa shape index (κ3) is 5.82. The minimum Gasteiger partial charge on any atom is -0.497 e. The third-order valence-electron chi connectivity index (χ3n) is 2.43. The standard InChI is InChI=1S/C15H23NO4/c1-15(2,3)20-14(17)6-7-16-11-8-12(18-4)10-13(9-11)19-5/h8-10,16H,6-7H2,1-5H3. The minimum absolute atomic E-state index is 0.222. The Labute approximate surface area is 120 Å². The van der Waals surface area contributed by atoms with Crippen molar-refractivity contribution in [2.24, 2.45) is 0 Å². The number of hydrogen-bond acceptors (Lipinski definition) is 5. The molecule has 0 atom stereocenters. The summed E-state index contributed by atoms with van der Waals surface area (Å²) in [5.41, 5.74) is 0.390. The first-order chi connectivity index (χ1) is 9.34. The van der Waals surface area contributed by atoms with Crippen molar-refractivity contribution in [2.45, 2.75) is 32.8 Å². The lowest BCUT2D eigenvalue weighted by Gasteiger charge is -2.19. The van der Waals surface area contributed by atoms with Crippen LogP contribution in [0.4, 0.5) is 5.69 Å². The lowest BCUT2D eigenvalue weighted by Crippen LogP contribution is -2.25. The van der Waals surface area contributed by atoms with Crippen LogP contribution < -0.4 is 14.8 Å². The van der Waals surface area contributed by atoms with Gasteiger partial charge in [0, 0.05) is 30.4 Å². The molecule has 0 saturated heterocycles. The van der Waals surface area contributed by atoms with E-state index in [0.717, 1.165) is 5.69 Å². The molecule has 0 aliphatic rings. The van der Waals surface area contributed by atoms with Crippen molar-refractivity contribution >= 4 is 11.7 Å². The summed E-state index contributed by atoms with van der Waals surface area (Å²) in [5, 5.41) is 3.15. The van der Waals surface area contributed by atoms with Crippen LogP contribution >= 0.6 is 0 Å². The maximum absolute atomic E-state index is 11.6. The largest absolute Gasteiger partial charge is 0.497 e. The number of anilines is 1. The van der Waals surface area contributed by atoms with Gasteiger partial charge in [0.15, 0.2) is 0 Å². The molecule has 0 aliphatic heterocycles. The van der Waals surface area contributed by atoms with Crippen LogP contribution in [0.2, 0.25) is 0 Å². The molecule has 112 valence electrons. The number of esters is 1. The number of hydrogen-bond donors (Lipinski definition) is 1. The Morgan fingerprint density at radius 3 is 2.10 bits per heavy atom. The van der Waals surface area contributed by atoms with Gasteiger partial charge >= 0.3 is 5.97 Å². The second-order valence-corrected chi connectivity index (χ2v) is 5.36. The molecule has 0 amide bonds. The van der Waals surface area contributed by atoms with Gasteiger partial charge in [-0.15, -0.1) is 0 Å². The van der Waals surface area contributed by atoms with Crippen LogP contribution in [-0.4, -0.2) is 32.3 Å². The first kappa shape index (κ1) is 16.1. The molecule has 1 rings (SSSR count). The van der Waals surface area contributed by atoms with Gasteiger partial charge in [-0.05, 0) is 20.8 Å². The summed E-state index contributed by atoms with van der Waals surface area (Å²) in [5.74, 6) is 1.17. The Balaban J connectivity index is 2.51. The van der Waals surface area contributed by atoms with Gasteiger partial charge in [-0.3, -0.25) is 4.79 Å². The summed E-state index contributed by atoms with van der Waals surface area (Å²) in [6.45, 7) is 6.05. The van der Waals surface area contributed by atoms with Gasteiger partial charge < -0.3 is 19.5 Å². The quantitative estimate of drug-likeness (QED) is 0.813. The molecule has 0 fully saturated rings. The number of ether oxygens (including phenoxy) is 3. The van der Waals surface area contributed by atoms with Gasteiger partial charge in [-0.25, -0.2) is 0 Å². The molecule has 0 heterocycles. The average Bonchev–Trinajstić information content (AvgIpc) is 2.36. The first-order valence-electron chi connectivity index (χ1n) is 6.53. The SMILES string of the molecule is COc1cc(NCCC(=O)OC(C)(C)C)cc(OC)c1. The van der Waals surface area contributed by atoms with Crippen molar-refractivity contribution in [1.29, 1.82) is 0 Å². The van der Waals surface area contributed by atoms with Gasteiger partial charge in [-0.2, -0.15) is 0 Å². The molecule has 0 aromatic heterocycles. The molecular formula is C15H23NO4. The van der Waals surface area contributed by atoms with Gasteiger partial charge in [0.25, 0.3) is 0 Å². The van der Waals surface area contributed by atoms with E-state index in [1.165, 1.54) is 0 Å². The molecule has 1 aromatic rings. The molecule has 5 nitrogen and oxygen atoms in total. The highest BCUT2D eigenvalue weighted by Crippen LogP contribution is 2.25. The van der Waals surface area contributed by atoms with Crippen LogP contribution in [0.25, 0.3) is 0 Å². The normalized spacial score (nSPS) is 10.8. The zero-order valence-electron chi connectivity index (χ0n) is 12.8. The molecule has 1 aromatic carbocycles. The molecule has 0 bridgehead atoms. The van der Waals surface area contributed by atoms with Crippen molar-refractivity contribution in [3.05, 3.63) is 18.2 Å². The summed E-state index contributed by atoms with van der Waals surface area (Å²) in [7, 11) is 3.19. The molecule has 0 radical (unpaired) electrons. The van der Waals surface area contributed by atoms with Crippen LogP contribution in [0.5, 0.6) is 11.5 Å². The van der Waals surface area contributed by atoms with E-state index in [1.807, 2.05) is 32.9 Å². The summed E-state index contributed by atoms with van der Waals surface area (Å²) in [6, 6.07) is 5.48. The van der Waals surface area contributed by atoms with Crippen LogP contribution in [0.1, 0.15) is 27.2 Å². The zero-order chi connectivity index (χ0) is 15.2. The van der Waals surface area contributed by atoms with Crippen molar-refractivity contribution < 1.29 is 19.0 Å². The fourth-order valence-corrected chi connectivity index (χ4v) is 1.61. The molecule has 1 N–H and O–H groups in total.